The minimum atomic E-state index is 0.708. The van der Waals surface area contributed by atoms with E-state index in [9.17, 15) is 0 Å². The van der Waals surface area contributed by atoms with Crippen LogP contribution in [0.15, 0.2) is 29.2 Å². The van der Waals surface area contributed by atoms with E-state index in [-0.39, 0.29) is 0 Å². The zero-order valence-corrected chi connectivity index (χ0v) is 11.5. The van der Waals surface area contributed by atoms with E-state index in [0.29, 0.717) is 6.61 Å². The van der Waals surface area contributed by atoms with Crippen molar-refractivity contribution in [1.82, 2.24) is 0 Å². The third-order valence-corrected chi connectivity index (χ3v) is 3.17. The maximum absolute atomic E-state index is 5.56. The Morgan fingerprint density at radius 3 is 2.76 bits per heavy atom. The van der Waals surface area contributed by atoms with E-state index in [2.05, 4.69) is 24.8 Å². The molecule has 2 heteroatoms. The number of hydrogen-bond donors (Lipinski definition) is 0. The molecule has 0 N–H and O–H groups in total. The van der Waals surface area contributed by atoms with Crippen molar-refractivity contribution in [2.24, 2.45) is 0 Å². The Balaban J connectivity index is 2.42. The highest BCUT2D eigenvalue weighted by Gasteiger charge is 2.00. The quantitative estimate of drug-likeness (QED) is 0.420. The monoisotopic (exact) mass is 248 g/mol. The Morgan fingerprint density at radius 2 is 2.00 bits per heavy atom. The van der Waals surface area contributed by atoms with Gasteiger partial charge in [0, 0.05) is 6.42 Å². The Bertz CT molecular complexity index is 376. The first-order valence-electron chi connectivity index (χ1n) is 6.18. The molecule has 0 heterocycles. The highest BCUT2D eigenvalue weighted by atomic mass is 32.2. The minimum absolute atomic E-state index is 0.708. The van der Waals surface area contributed by atoms with Crippen LogP contribution in [0.5, 0.6) is 5.75 Å². The number of benzene rings is 1. The van der Waals surface area contributed by atoms with Gasteiger partial charge >= 0.3 is 0 Å². The molecule has 0 unspecified atom stereocenters. The first kappa shape index (κ1) is 14.0. The average molecular weight is 248 g/mol. The van der Waals surface area contributed by atoms with E-state index in [1.54, 1.807) is 11.8 Å². The third-order valence-electron chi connectivity index (χ3n) is 2.23. The van der Waals surface area contributed by atoms with Crippen LogP contribution in [0, 0.1) is 11.8 Å². The van der Waals surface area contributed by atoms with E-state index in [1.165, 1.54) is 17.7 Å². The summed E-state index contributed by atoms with van der Waals surface area (Å²) >= 11 is 1.75. The van der Waals surface area contributed by atoms with Gasteiger partial charge in [-0.2, -0.15) is 0 Å². The van der Waals surface area contributed by atoms with Crippen molar-refractivity contribution in [3.05, 3.63) is 24.3 Å². The summed E-state index contributed by atoms with van der Waals surface area (Å²) in [6.07, 6.45) is 3.44. The van der Waals surface area contributed by atoms with Gasteiger partial charge in [-0.1, -0.05) is 31.4 Å². The topological polar surface area (TPSA) is 9.23 Å². The normalized spacial score (nSPS) is 9.53. The van der Waals surface area contributed by atoms with Crippen molar-refractivity contribution in [3.8, 4) is 17.6 Å². The molecule has 0 amide bonds. The van der Waals surface area contributed by atoms with Gasteiger partial charge in [0.05, 0.1) is 17.3 Å². The van der Waals surface area contributed by atoms with Gasteiger partial charge in [0.25, 0.3) is 0 Å². The Morgan fingerprint density at radius 1 is 1.18 bits per heavy atom. The predicted octanol–water partition coefficient (Wildman–Crippen LogP) is 4.37. The van der Waals surface area contributed by atoms with Gasteiger partial charge in [0.15, 0.2) is 0 Å². The van der Waals surface area contributed by atoms with Crippen LogP contribution in [0.3, 0.4) is 0 Å². The molecule has 1 aromatic rings. The molecule has 17 heavy (non-hydrogen) atoms. The van der Waals surface area contributed by atoms with Crippen LogP contribution in [0.1, 0.15) is 33.1 Å². The summed E-state index contributed by atoms with van der Waals surface area (Å²) in [5, 5.41) is 0. The molecule has 0 aliphatic carbocycles. The molecule has 0 aliphatic heterocycles. The maximum atomic E-state index is 5.56. The lowest BCUT2D eigenvalue weighted by atomic mass is 10.3. The molecule has 1 aromatic carbocycles. The molecular weight excluding hydrogens is 228 g/mol. The molecule has 0 saturated heterocycles. The molecule has 0 bridgehead atoms. The standard InChI is InChI=1S/C15H20OS/c1-3-5-6-7-10-13-17-15-12-9-8-11-14(15)16-4-2/h8-9,11-12H,3-6,13H2,1-2H3. The maximum Gasteiger partial charge on any atom is 0.132 e. The number of unbranched alkanes of at least 4 members (excludes halogenated alkanes) is 2. The fourth-order valence-corrected chi connectivity index (χ4v) is 2.14. The summed E-state index contributed by atoms with van der Waals surface area (Å²) in [6.45, 7) is 4.90. The van der Waals surface area contributed by atoms with E-state index < -0.39 is 0 Å². The average Bonchev–Trinajstić information content (AvgIpc) is 2.36. The van der Waals surface area contributed by atoms with Crippen molar-refractivity contribution in [2.75, 3.05) is 12.4 Å². The molecule has 92 valence electrons. The minimum Gasteiger partial charge on any atom is -0.493 e. The van der Waals surface area contributed by atoms with Gasteiger partial charge < -0.3 is 4.74 Å². The first-order chi connectivity index (χ1) is 8.38. The largest absolute Gasteiger partial charge is 0.493 e. The molecule has 0 fully saturated rings. The lowest BCUT2D eigenvalue weighted by molar-refractivity contribution is 0.332. The molecule has 0 saturated carbocycles. The van der Waals surface area contributed by atoms with Gasteiger partial charge in [-0.25, -0.2) is 0 Å². The highest BCUT2D eigenvalue weighted by molar-refractivity contribution is 7.99. The molecule has 0 atom stereocenters. The molecule has 0 aliphatic rings. The number of para-hydroxylation sites is 1. The van der Waals surface area contributed by atoms with Crippen molar-refractivity contribution in [2.45, 2.75) is 38.0 Å². The number of ether oxygens (including phenoxy) is 1. The molecule has 1 rings (SSSR count). The van der Waals surface area contributed by atoms with Crippen molar-refractivity contribution >= 4 is 11.8 Å². The molecule has 0 radical (unpaired) electrons. The van der Waals surface area contributed by atoms with E-state index in [4.69, 9.17) is 4.74 Å². The predicted molar refractivity (Wildman–Crippen MR) is 75.6 cm³/mol. The summed E-state index contributed by atoms with van der Waals surface area (Å²) in [5.74, 6) is 8.20. The van der Waals surface area contributed by atoms with Crippen molar-refractivity contribution in [1.29, 1.82) is 0 Å². The molecule has 0 spiro atoms. The van der Waals surface area contributed by atoms with E-state index in [0.717, 1.165) is 17.9 Å². The summed E-state index contributed by atoms with van der Waals surface area (Å²) in [6, 6.07) is 8.14. The van der Waals surface area contributed by atoms with Gasteiger partial charge in [0.2, 0.25) is 0 Å². The second-order valence-corrected chi connectivity index (χ2v) is 4.64. The Hall–Kier alpha value is -1.07. The zero-order valence-electron chi connectivity index (χ0n) is 10.7. The number of thioether (sulfide) groups is 1. The number of hydrogen-bond acceptors (Lipinski definition) is 2. The lowest BCUT2D eigenvalue weighted by Crippen LogP contribution is -1.92. The smallest absolute Gasteiger partial charge is 0.132 e. The highest BCUT2D eigenvalue weighted by Crippen LogP contribution is 2.28. The first-order valence-corrected chi connectivity index (χ1v) is 7.17. The van der Waals surface area contributed by atoms with Gasteiger partial charge in [0.1, 0.15) is 5.75 Å². The molecule has 1 nitrogen and oxygen atoms in total. The zero-order chi connectivity index (χ0) is 12.3. The number of rotatable bonds is 6. The van der Waals surface area contributed by atoms with Crippen LogP contribution in [0.25, 0.3) is 0 Å². The summed E-state index contributed by atoms with van der Waals surface area (Å²) < 4.78 is 5.56. The lowest BCUT2D eigenvalue weighted by Gasteiger charge is -2.07. The summed E-state index contributed by atoms with van der Waals surface area (Å²) in [4.78, 5) is 1.18. The Kier molecular flexibility index (Phi) is 7.42. The van der Waals surface area contributed by atoms with Gasteiger partial charge in [-0.15, -0.1) is 17.7 Å². The molecular formula is C15H20OS. The van der Waals surface area contributed by atoms with Crippen LogP contribution in [0.2, 0.25) is 0 Å². The second-order valence-electron chi connectivity index (χ2n) is 3.63. The SMILES string of the molecule is CCCCC#CCSc1ccccc1OCC. The van der Waals surface area contributed by atoms with Crippen LogP contribution in [0.4, 0.5) is 0 Å². The fourth-order valence-electron chi connectivity index (χ4n) is 1.36. The van der Waals surface area contributed by atoms with Crippen molar-refractivity contribution in [3.63, 3.8) is 0 Å². The van der Waals surface area contributed by atoms with Gasteiger partial charge in [-0.05, 0) is 25.5 Å². The summed E-state index contributed by atoms with van der Waals surface area (Å²) in [7, 11) is 0. The van der Waals surface area contributed by atoms with Crippen LogP contribution in [-0.2, 0) is 0 Å². The van der Waals surface area contributed by atoms with Gasteiger partial charge in [-0.3, -0.25) is 0 Å². The molecule has 0 aromatic heterocycles. The third kappa shape index (κ3) is 5.70. The Labute approximate surface area is 109 Å². The fraction of sp³-hybridized carbons (Fsp3) is 0.467. The second kappa shape index (κ2) is 9.01. The summed E-state index contributed by atoms with van der Waals surface area (Å²) in [5.41, 5.74) is 0. The van der Waals surface area contributed by atoms with E-state index in [1.807, 2.05) is 25.1 Å². The van der Waals surface area contributed by atoms with Crippen molar-refractivity contribution < 1.29 is 4.74 Å². The van der Waals surface area contributed by atoms with Crippen LogP contribution >= 0.6 is 11.8 Å². The van der Waals surface area contributed by atoms with E-state index >= 15 is 0 Å². The van der Waals surface area contributed by atoms with Crippen LogP contribution in [-0.4, -0.2) is 12.4 Å². The van der Waals surface area contributed by atoms with Crippen LogP contribution < -0.4 is 4.74 Å².